The van der Waals surface area contributed by atoms with Crippen LogP contribution in [-0.2, 0) is 14.3 Å². The summed E-state index contributed by atoms with van der Waals surface area (Å²) >= 11 is 1.18. The molecule has 0 aliphatic rings. The van der Waals surface area contributed by atoms with Crippen LogP contribution in [0.4, 0.5) is 0 Å². The number of nitrogens with zero attached hydrogens (tertiary/aromatic N) is 2. The van der Waals surface area contributed by atoms with Crippen LogP contribution in [0.25, 0.3) is 22.4 Å². The summed E-state index contributed by atoms with van der Waals surface area (Å²) in [6, 6.07) is 21.1. The smallest absolute Gasteiger partial charge is 0.328 e. The number of nitrogens with one attached hydrogen (secondary N) is 1. The number of methoxy groups -OCH3 is 1. The zero-order valence-electron chi connectivity index (χ0n) is 19.7. The van der Waals surface area contributed by atoms with Crippen molar-refractivity contribution >= 4 is 23.6 Å². The monoisotopic (exact) mass is 473 g/mol. The van der Waals surface area contributed by atoms with E-state index in [-0.39, 0.29) is 17.6 Å². The van der Waals surface area contributed by atoms with Crippen LogP contribution in [0.1, 0.15) is 25.0 Å². The Morgan fingerprint density at radius 1 is 1.09 bits per heavy atom. The molecule has 0 bridgehead atoms. The van der Waals surface area contributed by atoms with Gasteiger partial charge in [0.25, 0.3) is 0 Å². The van der Waals surface area contributed by atoms with Gasteiger partial charge in [-0.3, -0.25) is 4.79 Å². The third kappa shape index (κ3) is 6.03. The van der Waals surface area contributed by atoms with Gasteiger partial charge in [0.1, 0.15) is 17.1 Å². The first kappa shape index (κ1) is 25.0. The highest BCUT2D eigenvalue weighted by molar-refractivity contribution is 8.00. The number of amides is 1. The number of carbonyl (C=O) groups excluding carboxylic acids is 2. The predicted octanol–water partition coefficient (Wildman–Crippen LogP) is 5.00. The molecule has 1 atom stereocenters. The third-order valence-electron chi connectivity index (χ3n) is 5.31. The molecular weight excluding hydrogens is 446 g/mol. The van der Waals surface area contributed by atoms with E-state index in [1.165, 1.54) is 18.9 Å². The van der Waals surface area contributed by atoms with Gasteiger partial charge in [-0.2, -0.15) is 5.26 Å². The largest absolute Gasteiger partial charge is 0.467 e. The standard InChI is InChI=1S/C27H27N3O3S/c1-17(2)25(27(32)33-4)30-24(31)16-34-26-22(15-28)21(19-12-10-18(3)11-13-19)14-23(29-26)20-8-6-5-7-9-20/h5-14,17,25H,16H2,1-4H3,(H,30,31)/t25-/m0/s1. The number of carbonyl (C=O) groups is 2. The van der Waals surface area contributed by atoms with Crippen molar-refractivity contribution in [2.75, 3.05) is 12.9 Å². The molecule has 0 aliphatic heterocycles. The number of thioether (sulfide) groups is 1. The van der Waals surface area contributed by atoms with Crippen LogP contribution in [0.5, 0.6) is 0 Å². The number of pyridine rings is 1. The van der Waals surface area contributed by atoms with E-state index in [1.807, 2.05) is 81.4 Å². The van der Waals surface area contributed by atoms with Crippen molar-refractivity contribution in [1.82, 2.24) is 10.3 Å². The van der Waals surface area contributed by atoms with Crippen molar-refractivity contribution in [3.05, 3.63) is 71.8 Å². The Balaban J connectivity index is 1.96. The van der Waals surface area contributed by atoms with E-state index in [1.54, 1.807) is 0 Å². The molecule has 6 nitrogen and oxygen atoms in total. The molecule has 0 aliphatic carbocycles. The molecular formula is C27H27N3O3S. The molecule has 1 heterocycles. The van der Waals surface area contributed by atoms with E-state index in [0.717, 1.165) is 22.3 Å². The van der Waals surface area contributed by atoms with E-state index in [0.29, 0.717) is 16.3 Å². The molecule has 174 valence electrons. The van der Waals surface area contributed by atoms with Crippen molar-refractivity contribution in [2.24, 2.45) is 5.92 Å². The normalized spacial score (nSPS) is 11.5. The summed E-state index contributed by atoms with van der Waals surface area (Å²) in [5.41, 5.74) is 4.82. The maximum absolute atomic E-state index is 12.6. The highest BCUT2D eigenvalue weighted by atomic mass is 32.2. The van der Waals surface area contributed by atoms with Crippen molar-refractivity contribution in [3.63, 3.8) is 0 Å². The molecule has 1 amide bonds. The molecule has 1 N–H and O–H groups in total. The molecule has 34 heavy (non-hydrogen) atoms. The average molecular weight is 474 g/mol. The van der Waals surface area contributed by atoms with Crippen LogP contribution in [0.15, 0.2) is 65.7 Å². The summed E-state index contributed by atoms with van der Waals surface area (Å²) in [5.74, 6) is -0.935. The topological polar surface area (TPSA) is 92.1 Å². The summed E-state index contributed by atoms with van der Waals surface area (Å²) < 4.78 is 4.80. The van der Waals surface area contributed by atoms with E-state index in [2.05, 4.69) is 11.4 Å². The number of nitriles is 1. The van der Waals surface area contributed by atoms with Gasteiger partial charge in [0, 0.05) is 11.1 Å². The Kier molecular flexibility index (Phi) is 8.44. The lowest BCUT2D eigenvalue weighted by molar-refractivity contribution is -0.146. The van der Waals surface area contributed by atoms with Crippen LogP contribution in [0.2, 0.25) is 0 Å². The molecule has 1 aromatic heterocycles. The van der Waals surface area contributed by atoms with Crippen molar-refractivity contribution < 1.29 is 14.3 Å². The van der Waals surface area contributed by atoms with Crippen LogP contribution >= 0.6 is 11.8 Å². The van der Waals surface area contributed by atoms with Gasteiger partial charge in [0.05, 0.1) is 24.1 Å². The van der Waals surface area contributed by atoms with Crippen molar-refractivity contribution in [2.45, 2.75) is 31.8 Å². The molecule has 3 aromatic rings. The number of esters is 1. The molecule has 2 aromatic carbocycles. The lowest BCUT2D eigenvalue weighted by Gasteiger charge is -2.19. The first-order chi connectivity index (χ1) is 16.3. The second kappa shape index (κ2) is 11.5. The minimum atomic E-state index is -0.736. The molecule has 3 rings (SSSR count). The van der Waals surface area contributed by atoms with Gasteiger partial charge in [-0.25, -0.2) is 9.78 Å². The minimum Gasteiger partial charge on any atom is -0.467 e. The molecule has 0 radical (unpaired) electrons. The Labute approximate surface area is 204 Å². The molecule has 7 heteroatoms. The first-order valence-corrected chi connectivity index (χ1v) is 11.9. The molecule has 0 saturated carbocycles. The summed E-state index contributed by atoms with van der Waals surface area (Å²) in [6.07, 6.45) is 0. The zero-order valence-corrected chi connectivity index (χ0v) is 20.5. The third-order valence-corrected chi connectivity index (χ3v) is 6.28. The van der Waals surface area contributed by atoms with Crippen molar-refractivity contribution in [1.29, 1.82) is 5.26 Å². The summed E-state index contributed by atoms with van der Waals surface area (Å²) in [6.45, 7) is 5.68. The van der Waals surface area contributed by atoms with Gasteiger partial charge >= 0.3 is 5.97 Å². The zero-order chi connectivity index (χ0) is 24.7. The van der Waals surface area contributed by atoms with Gasteiger partial charge in [-0.05, 0) is 24.5 Å². The Morgan fingerprint density at radius 3 is 2.35 bits per heavy atom. The van der Waals surface area contributed by atoms with Crippen LogP contribution in [0, 0.1) is 24.2 Å². The molecule has 0 spiro atoms. The Bertz CT molecular complexity index is 1200. The number of hydrogen-bond donors (Lipinski definition) is 1. The van der Waals surface area contributed by atoms with E-state index < -0.39 is 12.0 Å². The fraction of sp³-hybridized carbons (Fsp3) is 0.259. The summed E-state index contributed by atoms with van der Waals surface area (Å²) in [7, 11) is 1.30. The fourth-order valence-electron chi connectivity index (χ4n) is 3.43. The highest BCUT2D eigenvalue weighted by Crippen LogP contribution is 2.34. The van der Waals surface area contributed by atoms with Crippen LogP contribution in [-0.4, -0.2) is 35.8 Å². The second-order valence-corrected chi connectivity index (χ2v) is 9.14. The number of hydrogen-bond acceptors (Lipinski definition) is 6. The van der Waals surface area contributed by atoms with Crippen LogP contribution in [0.3, 0.4) is 0 Å². The molecule has 0 saturated heterocycles. The van der Waals surface area contributed by atoms with E-state index in [9.17, 15) is 14.9 Å². The highest BCUT2D eigenvalue weighted by Gasteiger charge is 2.25. The Morgan fingerprint density at radius 2 is 1.76 bits per heavy atom. The Hall–Kier alpha value is -3.63. The van der Waals surface area contributed by atoms with Gasteiger partial charge < -0.3 is 10.1 Å². The lowest BCUT2D eigenvalue weighted by Crippen LogP contribution is -2.45. The first-order valence-electron chi connectivity index (χ1n) is 10.9. The number of benzene rings is 2. The average Bonchev–Trinajstić information content (AvgIpc) is 2.85. The van der Waals surface area contributed by atoms with Gasteiger partial charge in [0.15, 0.2) is 0 Å². The number of ether oxygens (including phenoxy) is 1. The lowest BCUT2D eigenvalue weighted by atomic mass is 9.98. The molecule has 0 fully saturated rings. The van der Waals surface area contributed by atoms with E-state index in [4.69, 9.17) is 9.72 Å². The fourth-order valence-corrected chi connectivity index (χ4v) is 4.24. The summed E-state index contributed by atoms with van der Waals surface area (Å²) in [5, 5.41) is 13.2. The quantitative estimate of drug-likeness (QED) is 0.366. The van der Waals surface area contributed by atoms with Gasteiger partial charge in [0.2, 0.25) is 5.91 Å². The SMILES string of the molecule is COC(=O)[C@@H](NC(=O)CSc1nc(-c2ccccc2)cc(-c2ccc(C)cc2)c1C#N)C(C)C. The predicted molar refractivity (Wildman–Crippen MR) is 134 cm³/mol. The second-order valence-electron chi connectivity index (χ2n) is 8.18. The molecule has 0 unspecified atom stereocenters. The number of aromatic nitrogens is 1. The maximum Gasteiger partial charge on any atom is 0.328 e. The summed E-state index contributed by atoms with van der Waals surface area (Å²) in [4.78, 5) is 29.4. The van der Waals surface area contributed by atoms with Gasteiger partial charge in [-0.1, -0.05) is 85.8 Å². The van der Waals surface area contributed by atoms with Gasteiger partial charge in [-0.15, -0.1) is 0 Å². The van der Waals surface area contributed by atoms with Crippen molar-refractivity contribution in [3.8, 4) is 28.5 Å². The maximum atomic E-state index is 12.6. The van der Waals surface area contributed by atoms with E-state index >= 15 is 0 Å². The number of rotatable bonds is 8. The minimum absolute atomic E-state index is 0.00742. The van der Waals surface area contributed by atoms with Crippen LogP contribution < -0.4 is 5.32 Å². The number of aryl methyl sites for hydroxylation is 1.